The molecule has 0 amide bonds. The van der Waals surface area contributed by atoms with Crippen molar-refractivity contribution in [2.75, 3.05) is 4.90 Å². The average Bonchev–Trinajstić information content (AvgIpc) is 3.06. The minimum Gasteiger partial charge on any atom is -0.279 e. The van der Waals surface area contributed by atoms with Crippen molar-refractivity contribution < 1.29 is 0 Å². The fourth-order valence-electron chi connectivity index (χ4n) is 5.23. The molecule has 0 N–H and O–H groups in total. The summed E-state index contributed by atoms with van der Waals surface area (Å²) in [5.41, 5.74) is 9.57. The van der Waals surface area contributed by atoms with Crippen LogP contribution in [0.25, 0.3) is 44.4 Å². The summed E-state index contributed by atoms with van der Waals surface area (Å²) in [6.07, 6.45) is 0. The molecule has 0 aliphatic heterocycles. The molecule has 1 heterocycles. The van der Waals surface area contributed by atoms with Crippen LogP contribution < -0.4 is 4.90 Å². The van der Waals surface area contributed by atoms with E-state index < -0.39 is 0 Å². The second-order valence-electron chi connectivity index (χ2n) is 9.92. The highest BCUT2D eigenvalue weighted by atomic mass is 15.3. The van der Waals surface area contributed by atoms with Crippen LogP contribution in [0.15, 0.2) is 164 Å². The van der Waals surface area contributed by atoms with E-state index in [0.717, 1.165) is 44.7 Å². The highest BCUT2D eigenvalue weighted by Crippen LogP contribution is 2.37. The van der Waals surface area contributed by atoms with Crippen LogP contribution in [0, 0.1) is 0 Å². The molecule has 0 spiro atoms. The minimum atomic E-state index is 0.627. The molecule has 3 heteroatoms. The zero-order chi connectivity index (χ0) is 27.4. The Balaban J connectivity index is 1.39. The van der Waals surface area contributed by atoms with Crippen LogP contribution >= 0.6 is 0 Å². The van der Waals surface area contributed by atoms with E-state index in [4.69, 9.17) is 9.97 Å². The number of aromatic nitrogens is 2. The second kappa shape index (κ2) is 10.9. The molecule has 0 fully saturated rings. The summed E-state index contributed by atoms with van der Waals surface area (Å²) in [6, 6.07) is 56.7. The lowest BCUT2D eigenvalue weighted by atomic mass is 10.0. The molecule has 0 aliphatic carbocycles. The van der Waals surface area contributed by atoms with Gasteiger partial charge in [-0.2, -0.15) is 0 Å². The number of hydrogen-bond acceptors (Lipinski definition) is 3. The molecule has 1 aromatic heterocycles. The van der Waals surface area contributed by atoms with Crippen molar-refractivity contribution in [1.82, 2.24) is 9.97 Å². The third-order valence-corrected chi connectivity index (χ3v) is 7.30. The lowest BCUT2D eigenvalue weighted by Crippen LogP contribution is -2.14. The van der Waals surface area contributed by atoms with Gasteiger partial charge in [-0.15, -0.1) is 0 Å². The van der Waals surface area contributed by atoms with Crippen molar-refractivity contribution in [3.8, 4) is 33.5 Å². The molecular weight excluding hydrogens is 498 g/mol. The molecular formula is C38H27N3. The predicted molar refractivity (Wildman–Crippen MR) is 171 cm³/mol. The molecule has 41 heavy (non-hydrogen) atoms. The summed E-state index contributed by atoms with van der Waals surface area (Å²) in [4.78, 5) is 12.4. The number of hydrogen-bond donors (Lipinski definition) is 0. The summed E-state index contributed by atoms with van der Waals surface area (Å²) in [6.45, 7) is 0. The van der Waals surface area contributed by atoms with Crippen LogP contribution in [-0.4, -0.2) is 9.97 Å². The smallest absolute Gasteiger partial charge is 0.235 e. The average molecular weight is 526 g/mol. The quantitative estimate of drug-likeness (QED) is 0.216. The molecule has 0 bridgehead atoms. The van der Waals surface area contributed by atoms with E-state index in [1.807, 2.05) is 42.5 Å². The highest BCUT2D eigenvalue weighted by Gasteiger charge is 2.19. The minimum absolute atomic E-state index is 0.627. The van der Waals surface area contributed by atoms with Crippen molar-refractivity contribution >= 4 is 28.2 Å². The zero-order valence-electron chi connectivity index (χ0n) is 22.4. The molecule has 0 unspecified atom stereocenters. The molecule has 7 aromatic rings. The molecule has 0 aliphatic rings. The predicted octanol–water partition coefficient (Wildman–Crippen LogP) is 10.1. The number of rotatable bonds is 6. The van der Waals surface area contributed by atoms with Gasteiger partial charge in [0, 0.05) is 22.3 Å². The van der Waals surface area contributed by atoms with E-state index >= 15 is 0 Å². The largest absolute Gasteiger partial charge is 0.279 e. The Labute approximate surface area is 240 Å². The Morgan fingerprint density at radius 2 is 0.756 bits per heavy atom. The van der Waals surface area contributed by atoms with Crippen LogP contribution in [-0.2, 0) is 0 Å². The molecule has 3 nitrogen and oxygen atoms in total. The van der Waals surface area contributed by atoms with Crippen molar-refractivity contribution in [3.63, 3.8) is 0 Å². The maximum atomic E-state index is 5.20. The number of para-hydroxylation sites is 1. The monoisotopic (exact) mass is 525 g/mol. The van der Waals surface area contributed by atoms with Gasteiger partial charge in [-0.3, -0.25) is 4.90 Å². The molecule has 194 valence electrons. The number of anilines is 3. The van der Waals surface area contributed by atoms with Crippen molar-refractivity contribution in [2.24, 2.45) is 0 Å². The first-order valence-corrected chi connectivity index (χ1v) is 13.8. The summed E-state index contributed by atoms with van der Waals surface area (Å²) >= 11 is 0. The standard InChI is InChI=1S/C38H27N3/c1-4-12-28(13-5-1)30-20-24-33(25-21-30)41(34-26-22-31(23-27-34)29-14-6-2-7-15-29)38-39-36-19-11-10-18-35(36)37(40-38)32-16-8-3-9-17-32/h1-27H. The number of fused-ring (bicyclic) bond motifs is 1. The fourth-order valence-corrected chi connectivity index (χ4v) is 5.23. The maximum absolute atomic E-state index is 5.20. The molecule has 0 atom stereocenters. The van der Waals surface area contributed by atoms with Gasteiger partial charge in [0.05, 0.1) is 11.2 Å². The number of nitrogens with zero attached hydrogens (tertiary/aromatic N) is 3. The van der Waals surface area contributed by atoms with Gasteiger partial charge < -0.3 is 0 Å². The van der Waals surface area contributed by atoms with Crippen LogP contribution in [0.5, 0.6) is 0 Å². The lowest BCUT2D eigenvalue weighted by molar-refractivity contribution is 1.11. The van der Waals surface area contributed by atoms with Gasteiger partial charge in [0.15, 0.2) is 0 Å². The van der Waals surface area contributed by atoms with Gasteiger partial charge in [0.2, 0.25) is 5.95 Å². The Kier molecular flexibility index (Phi) is 6.52. The first-order chi connectivity index (χ1) is 20.3. The van der Waals surface area contributed by atoms with Crippen LogP contribution in [0.3, 0.4) is 0 Å². The molecule has 6 aromatic carbocycles. The van der Waals surface area contributed by atoms with Gasteiger partial charge in [-0.1, -0.05) is 133 Å². The van der Waals surface area contributed by atoms with Crippen LogP contribution in [0.2, 0.25) is 0 Å². The van der Waals surface area contributed by atoms with E-state index in [2.05, 4.69) is 126 Å². The van der Waals surface area contributed by atoms with Crippen molar-refractivity contribution in [2.45, 2.75) is 0 Å². The van der Waals surface area contributed by atoms with Crippen LogP contribution in [0.4, 0.5) is 17.3 Å². The Morgan fingerprint density at radius 3 is 1.27 bits per heavy atom. The molecule has 0 radical (unpaired) electrons. The van der Waals surface area contributed by atoms with Gasteiger partial charge in [-0.25, -0.2) is 9.97 Å². The van der Waals surface area contributed by atoms with Crippen molar-refractivity contribution in [3.05, 3.63) is 164 Å². The molecule has 0 saturated carbocycles. The summed E-state index contributed by atoms with van der Waals surface area (Å²) in [5, 5.41) is 1.03. The fraction of sp³-hybridized carbons (Fsp3) is 0. The van der Waals surface area contributed by atoms with Gasteiger partial charge in [0.25, 0.3) is 0 Å². The van der Waals surface area contributed by atoms with Gasteiger partial charge in [-0.05, 0) is 52.6 Å². The summed E-state index contributed by atoms with van der Waals surface area (Å²) in [7, 11) is 0. The van der Waals surface area contributed by atoms with E-state index in [1.54, 1.807) is 0 Å². The first-order valence-electron chi connectivity index (χ1n) is 13.8. The van der Waals surface area contributed by atoms with E-state index in [-0.39, 0.29) is 0 Å². The molecule has 0 saturated heterocycles. The van der Waals surface area contributed by atoms with Crippen molar-refractivity contribution in [1.29, 1.82) is 0 Å². The topological polar surface area (TPSA) is 29.0 Å². The van der Waals surface area contributed by atoms with E-state index in [9.17, 15) is 0 Å². The van der Waals surface area contributed by atoms with E-state index in [0.29, 0.717) is 5.95 Å². The maximum Gasteiger partial charge on any atom is 0.235 e. The highest BCUT2D eigenvalue weighted by molar-refractivity contribution is 5.94. The van der Waals surface area contributed by atoms with E-state index in [1.165, 1.54) is 11.1 Å². The summed E-state index contributed by atoms with van der Waals surface area (Å²) in [5.74, 6) is 0.627. The zero-order valence-corrected chi connectivity index (χ0v) is 22.4. The first kappa shape index (κ1) is 24.5. The Hall–Kier alpha value is -5.54. The second-order valence-corrected chi connectivity index (χ2v) is 9.92. The normalized spacial score (nSPS) is 10.9. The Bertz CT molecular complexity index is 1820. The van der Waals surface area contributed by atoms with Gasteiger partial charge >= 0.3 is 0 Å². The third kappa shape index (κ3) is 4.97. The van der Waals surface area contributed by atoms with Crippen LogP contribution in [0.1, 0.15) is 0 Å². The SMILES string of the molecule is c1ccc(-c2ccc(N(c3ccc(-c4ccccc4)cc3)c3nc(-c4ccccc4)c4ccccc4n3)cc2)cc1. The lowest BCUT2D eigenvalue weighted by Gasteiger charge is -2.25. The Morgan fingerprint density at radius 1 is 0.341 bits per heavy atom. The van der Waals surface area contributed by atoms with Gasteiger partial charge in [0.1, 0.15) is 0 Å². The number of benzene rings is 6. The third-order valence-electron chi connectivity index (χ3n) is 7.30. The summed E-state index contributed by atoms with van der Waals surface area (Å²) < 4.78 is 0. The molecule has 7 rings (SSSR count).